The number of methoxy groups -OCH3 is 1. The Labute approximate surface area is 149 Å². The van der Waals surface area contributed by atoms with Crippen LogP contribution in [0.3, 0.4) is 0 Å². The number of amides is 1. The van der Waals surface area contributed by atoms with Crippen molar-refractivity contribution < 1.29 is 14.3 Å². The molecule has 0 saturated carbocycles. The van der Waals surface area contributed by atoms with Gasteiger partial charge in [0.2, 0.25) is 0 Å². The first-order valence-electron chi connectivity index (χ1n) is 7.90. The third kappa shape index (κ3) is 3.69. The summed E-state index contributed by atoms with van der Waals surface area (Å²) in [6.45, 7) is 2.30. The summed E-state index contributed by atoms with van der Waals surface area (Å²) in [4.78, 5) is 29.0. The minimum atomic E-state index is -0.293. The zero-order valence-electron chi connectivity index (χ0n) is 14.1. The van der Waals surface area contributed by atoms with Crippen LogP contribution in [0.25, 0.3) is 10.2 Å². The lowest BCUT2D eigenvalue weighted by Crippen LogP contribution is -2.19. The minimum Gasteiger partial charge on any atom is -0.469 e. The molecule has 3 aromatic rings. The van der Waals surface area contributed by atoms with Crippen LogP contribution in [0, 0.1) is 6.92 Å². The number of rotatable bonds is 4. The van der Waals surface area contributed by atoms with E-state index in [2.05, 4.69) is 4.99 Å². The number of thiazole rings is 1. The summed E-state index contributed by atoms with van der Waals surface area (Å²) in [5.41, 5.74) is 2.42. The van der Waals surface area contributed by atoms with Gasteiger partial charge >= 0.3 is 5.97 Å². The van der Waals surface area contributed by atoms with Crippen molar-refractivity contribution in [2.75, 3.05) is 7.11 Å². The van der Waals surface area contributed by atoms with E-state index in [0.717, 1.165) is 15.8 Å². The average molecular weight is 354 g/mol. The lowest BCUT2D eigenvalue weighted by molar-refractivity contribution is -0.140. The molecule has 128 valence electrons. The summed E-state index contributed by atoms with van der Waals surface area (Å²) in [6, 6.07) is 15.2. The Morgan fingerprint density at radius 2 is 1.84 bits per heavy atom. The lowest BCUT2D eigenvalue weighted by Gasteiger charge is -2.04. The number of carbonyl (C=O) groups excluding carboxylic acids is 2. The molecule has 1 amide bonds. The fraction of sp³-hybridized carbons (Fsp3) is 0.211. The predicted octanol–water partition coefficient (Wildman–Crippen LogP) is 3.32. The second kappa shape index (κ2) is 7.44. The zero-order valence-corrected chi connectivity index (χ0v) is 14.9. The van der Waals surface area contributed by atoms with Crippen LogP contribution >= 0.6 is 11.3 Å². The number of ether oxygens (including phenoxy) is 1. The first-order chi connectivity index (χ1) is 12.1. The Balaban J connectivity index is 2.07. The summed E-state index contributed by atoms with van der Waals surface area (Å²) in [5.74, 6) is -0.574. The van der Waals surface area contributed by atoms with Gasteiger partial charge < -0.3 is 9.30 Å². The Bertz CT molecular complexity index is 1000. The van der Waals surface area contributed by atoms with Crippen molar-refractivity contribution in [2.24, 2.45) is 4.99 Å². The van der Waals surface area contributed by atoms with Crippen LogP contribution in [0.5, 0.6) is 0 Å². The third-order valence-corrected chi connectivity index (χ3v) is 4.99. The van der Waals surface area contributed by atoms with E-state index in [1.165, 1.54) is 18.4 Å². The quantitative estimate of drug-likeness (QED) is 0.675. The molecule has 0 spiro atoms. The number of carbonyl (C=O) groups is 2. The summed E-state index contributed by atoms with van der Waals surface area (Å²) < 4.78 is 7.63. The maximum atomic E-state index is 12.6. The van der Waals surface area contributed by atoms with Crippen molar-refractivity contribution in [1.29, 1.82) is 0 Å². The van der Waals surface area contributed by atoms with Gasteiger partial charge in [-0.15, -0.1) is 0 Å². The highest BCUT2D eigenvalue weighted by molar-refractivity contribution is 7.16. The Hall–Kier alpha value is -2.73. The van der Waals surface area contributed by atoms with E-state index in [0.29, 0.717) is 16.9 Å². The number of fused-ring (bicyclic) bond motifs is 1. The SMILES string of the molecule is COC(=O)CCn1c(=NC(=O)c2ccccc2C)sc2ccccc21. The van der Waals surface area contributed by atoms with Crippen LogP contribution in [0.2, 0.25) is 0 Å². The molecule has 0 atom stereocenters. The molecule has 0 bridgehead atoms. The van der Waals surface area contributed by atoms with Crippen LogP contribution in [0.4, 0.5) is 0 Å². The van der Waals surface area contributed by atoms with E-state index in [4.69, 9.17) is 4.74 Å². The number of esters is 1. The van der Waals surface area contributed by atoms with Gasteiger partial charge in [0.1, 0.15) is 0 Å². The van der Waals surface area contributed by atoms with Gasteiger partial charge in [-0.05, 0) is 30.7 Å². The fourth-order valence-electron chi connectivity index (χ4n) is 2.59. The fourth-order valence-corrected chi connectivity index (χ4v) is 3.64. The van der Waals surface area contributed by atoms with Crippen molar-refractivity contribution in [3.63, 3.8) is 0 Å². The molecule has 2 aromatic carbocycles. The van der Waals surface area contributed by atoms with Gasteiger partial charge in [0.15, 0.2) is 4.80 Å². The highest BCUT2D eigenvalue weighted by Crippen LogP contribution is 2.17. The van der Waals surface area contributed by atoms with E-state index in [1.54, 1.807) is 6.07 Å². The van der Waals surface area contributed by atoms with Crippen molar-refractivity contribution in [3.8, 4) is 0 Å². The summed E-state index contributed by atoms with van der Waals surface area (Å²) >= 11 is 1.44. The van der Waals surface area contributed by atoms with Crippen LogP contribution in [-0.2, 0) is 16.1 Å². The molecule has 0 N–H and O–H groups in total. The molecule has 0 fully saturated rings. The van der Waals surface area contributed by atoms with Crippen molar-refractivity contribution in [3.05, 3.63) is 64.5 Å². The van der Waals surface area contributed by atoms with Gasteiger partial charge in [0.25, 0.3) is 5.91 Å². The van der Waals surface area contributed by atoms with E-state index in [1.807, 2.05) is 54.0 Å². The zero-order chi connectivity index (χ0) is 17.8. The summed E-state index contributed by atoms with van der Waals surface area (Å²) in [7, 11) is 1.37. The molecule has 6 heteroatoms. The monoisotopic (exact) mass is 354 g/mol. The summed E-state index contributed by atoms with van der Waals surface area (Å²) in [5, 5.41) is 0. The Morgan fingerprint density at radius 3 is 2.60 bits per heavy atom. The normalized spacial score (nSPS) is 11.7. The van der Waals surface area contributed by atoms with Gasteiger partial charge in [-0.3, -0.25) is 9.59 Å². The number of nitrogens with zero attached hydrogens (tertiary/aromatic N) is 2. The Morgan fingerprint density at radius 1 is 1.12 bits per heavy atom. The van der Waals surface area contributed by atoms with Crippen LogP contribution in [0.15, 0.2) is 53.5 Å². The second-order valence-electron chi connectivity index (χ2n) is 5.56. The molecule has 1 aromatic heterocycles. The predicted molar refractivity (Wildman–Crippen MR) is 97.5 cm³/mol. The van der Waals surface area contributed by atoms with Gasteiger partial charge in [-0.25, -0.2) is 0 Å². The first-order valence-corrected chi connectivity index (χ1v) is 8.71. The van der Waals surface area contributed by atoms with Crippen LogP contribution < -0.4 is 4.80 Å². The molecule has 0 aliphatic rings. The molecular formula is C19H18N2O3S. The van der Waals surface area contributed by atoms with Crippen molar-refractivity contribution >= 4 is 33.4 Å². The molecule has 3 rings (SSSR count). The summed E-state index contributed by atoms with van der Waals surface area (Å²) in [6.07, 6.45) is 0.225. The number of hydrogen-bond donors (Lipinski definition) is 0. The molecule has 0 aliphatic heterocycles. The topological polar surface area (TPSA) is 60.7 Å². The van der Waals surface area contributed by atoms with Crippen molar-refractivity contribution in [2.45, 2.75) is 19.9 Å². The maximum Gasteiger partial charge on any atom is 0.307 e. The molecule has 25 heavy (non-hydrogen) atoms. The number of aryl methyl sites for hydroxylation is 2. The molecule has 0 unspecified atom stereocenters. The minimum absolute atomic E-state index is 0.225. The smallest absolute Gasteiger partial charge is 0.307 e. The lowest BCUT2D eigenvalue weighted by atomic mass is 10.1. The standard InChI is InChI=1S/C19H18N2O3S/c1-13-7-3-4-8-14(13)18(23)20-19-21(12-11-17(22)24-2)15-9-5-6-10-16(15)25-19/h3-10H,11-12H2,1-2H3. The number of benzene rings is 2. The van der Waals surface area contributed by atoms with E-state index in [9.17, 15) is 9.59 Å². The van der Waals surface area contributed by atoms with Crippen LogP contribution in [-0.4, -0.2) is 23.6 Å². The van der Waals surface area contributed by atoms with E-state index < -0.39 is 0 Å². The molecule has 0 saturated heterocycles. The van der Waals surface area contributed by atoms with E-state index in [-0.39, 0.29) is 18.3 Å². The van der Waals surface area contributed by atoms with Gasteiger partial charge in [-0.1, -0.05) is 41.7 Å². The third-order valence-electron chi connectivity index (χ3n) is 3.93. The highest BCUT2D eigenvalue weighted by Gasteiger charge is 2.11. The van der Waals surface area contributed by atoms with Gasteiger partial charge in [0.05, 0.1) is 23.7 Å². The molecule has 0 aliphatic carbocycles. The average Bonchev–Trinajstić information content (AvgIpc) is 2.97. The molecule has 5 nitrogen and oxygen atoms in total. The van der Waals surface area contributed by atoms with Gasteiger partial charge in [0, 0.05) is 12.1 Å². The Kier molecular flexibility index (Phi) is 5.09. The number of hydrogen-bond acceptors (Lipinski definition) is 4. The number of aromatic nitrogens is 1. The maximum absolute atomic E-state index is 12.6. The molecular weight excluding hydrogens is 336 g/mol. The highest BCUT2D eigenvalue weighted by atomic mass is 32.1. The largest absolute Gasteiger partial charge is 0.469 e. The van der Waals surface area contributed by atoms with Gasteiger partial charge in [-0.2, -0.15) is 4.99 Å². The number of para-hydroxylation sites is 1. The molecule has 0 radical (unpaired) electrons. The van der Waals surface area contributed by atoms with Crippen molar-refractivity contribution in [1.82, 2.24) is 4.57 Å². The molecule has 1 heterocycles. The van der Waals surface area contributed by atoms with Crippen LogP contribution in [0.1, 0.15) is 22.3 Å². The second-order valence-corrected chi connectivity index (χ2v) is 6.57. The first kappa shape index (κ1) is 17.1. The van der Waals surface area contributed by atoms with E-state index >= 15 is 0 Å².